The number of methoxy groups -OCH3 is 5. The van der Waals surface area contributed by atoms with Gasteiger partial charge >= 0.3 is 0 Å². The second-order valence-electron chi connectivity index (χ2n) is 5.94. The number of anilines is 1. The molecule has 0 atom stereocenters. The Hall–Kier alpha value is -3.29. The van der Waals surface area contributed by atoms with Gasteiger partial charge in [-0.2, -0.15) is 0 Å². The highest BCUT2D eigenvalue weighted by molar-refractivity contribution is 5.93. The maximum Gasteiger partial charge on any atom is 0.203 e. The maximum atomic E-state index is 5.53. The Morgan fingerprint density at radius 1 is 0.793 bits per heavy atom. The maximum absolute atomic E-state index is 5.53. The summed E-state index contributed by atoms with van der Waals surface area (Å²) < 4.78 is 26.9. The molecule has 0 aromatic heterocycles. The van der Waals surface area contributed by atoms with Crippen molar-refractivity contribution in [2.24, 2.45) is 4.99 Å². The molecule has 2 rings (SSSR count). The first-order chi connectivity index (χ1) is 14.1. The molecule has 8 heteroatoms. The third kappa shape index (κ3) is 5.37. The Kier molecular flexibility index (Phi) is 8.27. The number of hydrogen-bond acceptors (Lipinski definition) is 6. The van der Waals surface area contributed by atoms with E-state index in [1.807, 2.05) is 30.3 Å². The molecule has 8 nitrogen and oxygen atoms in total. The lowest BCUT2D eigenvalue weighted by molar-refractivity contribution is 0.322. The zero-order valence-corrected chi connectivity index (χ0v) is 17.8. The van der Waals surface area contributed by atoms with Gasteiger partial charge in [0.15, 0.2) is 29.0 Å². The quantitative estimate of drug-likeness (QED) is 0.492. The highest BCUT2D eigenvalue weighted by Crippen LogP contribution is 2.39. The summed E-state index contributed by atoms with van der Waals surface area (Å²) in [5, 5.41) is 6.53. The molecule has 2 N–H and O–H groups in total. The van der Waals surface area contributed by atoms with Crippen LogP contribution in [0.1, 0.15) is 5.56 Å². The van der Waals surface area contributed by atoms with Crippen molar-refractivity contribution in [3.8, 4) is 28.7 Å². The predicted molar refractivity (Wildman–Crippen MR) is 114 cm³/mol. The molecule has 0 spiro atoms. The fourth-order valence-electron chi connectivity index (χ4n) is 2.91. The summed E-state index contributed by atoms with van der Waals surface area (Å²) in [6, 6.07) is 9.41. The van der Waals surface area contributed by atoms with Gasteiger partial charge < -0.3 is 34.3 Å². The fraction of sp³-hybridized carbons (Fsp3) is 0.381. The van der Waals surface area contributed by atoms with E-state index in [1.54, 1.807) is 42.6 Å². The standard InChI is InChI=1S/C21H29N3O5/c1-22-21(24-15-8-10-16(25-2)18(13-15)27-4)23-12-11-14-7-9-17(26-3)20(29-6)19(14)28-5/h7-10,13H,11-12H2,1-6H3,(H2,22,23,24). The van der Waals surface area contributed by atoms with E-state index in [9.17, 15) is 0 Å². The summed E-state index contributed by atoms with van der Waals surface area (Å²) >= 11 is 0. The lowest BCUT2D eigenvalue weighted by atomic mass is 10.1. The molecule has 2 aromatic carbocycles. The number of nitrogens with one attached hydrogen (secondary N) is 2. The molecule has 0 fully saturated rings. The number of rotatable bonds is 9. The molecule has 0 unspecified atom stereocenters. The van der Waals surface area contributed by atoms with Gasteiger partial charge in [-0.1, -0.05) is 6.07 Å². The Bertz CT molecular complexity index is 839. The molecule has 29 heavy (non-hydrogen) atoms. The van der Waals surface area contributed by atoms with Crippen molar-refractivity contribution in [2.75, 3.05) is 54.5 Å². The number of nitrogens with zero attached hydrogens (tertiary/aromatic N) is 1. The van der Waals surface area contributed by atoms with E-state index >= 15 is 0 Å². The van der Waals surface area contributed by atoms with Gasteiger partial charge in [0.05, 0.1) is 35.5 Å². The molecule has 0 saturated carbocycles. The molecule has 0 amide bonds. The van der Waals surface area contributed by atoms with Gasteiger partial charge in [-0.25, -0.2) is 0 Å². The second-order valence-corrected chi connectivity index (χ2v) is 5.94. The first kappa shape index (κ1) is 22.0. The Morgan fingerprint density at radius 2 is 1.45 bits per heavy atom. The highest BCUT2D eigenvalue weighted by atomic mass is 16.5. The fourth-order valence-corrected chi connectivity index (χ4v) is 2.91. The summed E-state index contributed by atoms with van der Waals surface area (Å²) in [5.41, 5.74) is 1.83. The van der Waals surface area contributed by atoms with Crippen molar-refractivity contribution in [2.45, 2.75) is 6.42 Å². The Labute approximate surface area is 171 Å². The van der Waals surface area contributed by atoms with Crippen molar-refractivity contribution < 1.29 is 23.7 Å². The lowest BCUT2D eigenvalue weighted by Crippen LogP contribution is -2.32. The topological polar surface area (TPSA) is 82.6 Å². The van der Waals surface area contributed by atoms with Crippen LogP contribution in [0.3, 0.4) is 0 Å². The molecule has 0 radical (unpaired) electrons. The van der Waals surface area contributed by atoms with Gasteiger partial charge in [0.1, 0.15) is 0 Å². The van der Waals surface area contributed by atoms with Crippen molar-refractivity contribution in [3.63, 3.8) is 0 Å². The largest absolute Gasteiger partial charge is 0.493 e. The zero-order valence-electron chi connectivity index (χ0n) is 17.8. The lowest BCUT2D eigenvalue weighted by Gasteiger charge is -2.17. The van der Waals surface area contributed by atoms with E-state index in [0.717, 1.165) is 11.3 Å². The van der Waals surface area contributed by atoms with Gasteiger partial charge in [0, 0.05) is 30.9 Å². The third-order valence-electron chi connectivity index (χ3n) is 4.34. The number of aliphatic imine (C=N–C) groups is 1. The van der Waals surface area contributed by atoms with Gasteiger partial charge in [-0.05, 0) is 24.6 Å². The summed E-state index contributed by atoms with van der Waals surface area (Å²) in [5.74, 6) is 3.82. The van der Waals surface area contributed by atoms with Crippen LogP contribution in [0.25, 0.3) is 0 Å². The first-order valence-corrected chi connectivity index (χ1v) is 9.09. The van der Waals surface area contributed by atoms with E-state index < -0.39 is 0 Å². The Balaban J connectivity index is 2.04. The van der Waals surface area contributed by atoms with Crippen LogP contribution in [0.2, 0.25) is 0 Å². The third-order valence-corrected chi connectivity index (χ3v) is 4.34. The summed E-state index contributed by atoms with van der Waals surface area (Å²) in [6.07, 6.45) is 0.705. The van der Waals surface area contributed by atoms with E-state index in [-0.39, 0.29) is 0 Å². The van der Waals surface area contributed by atoms with E-state index in [0.29, 0.717) is 47.7 Å². The molecule has 0 aliphatic heterocycles. The minimum Gasteiger partial charge on any atom is -0.493 e. The molecular weight excluding hydrogens is 374 g/mol. The first-order valence-electron chi connectivity index (χ1n) is 9.09. The second kappa shape index (κ2) is 10.9. The average molecular weight is 403 g/mol. The average Bonchev–Trinajstić information content (AvgIpc) is 2.77. The number of guanidine groups is 1. The van der Waals surface area contributed by atoms with E-state index in [1.165, 1.54) is 0 Å². The van der Waals surface area contributed by atoms with E-state index in [4.69, 9.17) is 23.7 Å². The molecule has 0 bridgehead atoms. The van der Waals surface area contributed by atoms with Crippen molar-refractivity contribution in [3.05, 3.63) is 35.9 Å². The van der Waals surface area contributed by atoms with Crippen LogP contribution in [0.5, 0.6) is 28.7 Å². The summed E-state index contributed by atoms with van der Waals surface area (Å²) in [4.78, 5) is 4.26. The van der Waals surface area contributed by atoms with Crippen molar-refractivity contribution >= 4 is 11.6 Å². The molecule has 0 aliphatic rings. The molecule has 0 aliphatic carbocycles. The number of hydrogen-bond donors (Lipinski definition) is 2. The minimum absolute atomic E-state index is 0.584. The van der Waals surface area contributed by atoms with Crippen LogP contribution < -0.4 is 34.3 Å². The molecule has 2 aromatic rings. The van der Waals surface area contributed by atoms with Crippen LogP contribution in [-0.4, -0.2) is 55.1 Å². The zero-order chi connectivity index (χ0) is 21.2. The predicted octanol–water partition coefficient (Wildman–Crippen LogP) is 2.96. The van der Waals surface area contributed by atoms with Crippen LogP contribution in [0.4, 0.5) is 5.69 Å². The van der Waals surface area contributed by atoms with Crippen molar-refractivity contribution in [1.82, 2.24) is 5.32 Å². The molecule has 158 valence electrons. The van der Waals surface area contributed by atoms with Crippen LogP contribution in [0.15, 0.2) is 35.3 Å². The van der Waals surface area contributed by atoms with Crippen LogP contribution in [0, 0.1) is 0 Å². The monoisotopic (exact) mass is 403 g/mol. The van der Waals surface area contributed by atoms with Crippen LogP contribution >= 0.6 is 0 Å². The summed E-state index contributed by atoms with van der Waals surface area (Å²) in [7, 11) is 9.73. The van der Waals surface area contributed by atoms with Crippen molar-refractivity contribution in [1.29, 1.82) is 0 Å². The summed E-state index contributed by atoms with van der Waals surface area (Å²) in [6.45, 7) is 0.638. The highest BCUT2D eigenvalue weighted by Gasteiger charge is 2.15. The molecule has 0 heterocycles. The number of benzene rings is 2. The SMILES string of the molecule is CN=C(NCCc1ccc(OC)c(OC)c1OC)Nc1ccc(OC)c(OC)c1. The van der Waals surface area contributed by atoms with Gasteiger partial charge in [-0.3, -0.25) is 4.99 Å². The molecule has 0 saturated heterocycles. The minimum atomic E-state index is 0.584. The normalized spacial score (nSPS) is 10.9. The van der Waals surface area contributed by atoms with Gasteiger partial charge in [-0.15, -0.1) is 0 Å². The molecular formula is C21H29N3O5. The van der Waals surface area contributed by atoms with Gasteiger partial charge in [0.2, 0.25) is 5.75 Å². The van der Waals surface area contributed by atoms with E-state index in [2.05, 4.69) is 15.6 Å². The smallest absolute Gasteiger partial charge is 0.203 e. The van der Waals surface area contributed by atoms with Gasteiger partial charge in [0.25, 0.3) is 0 Å². The Morgan fingerprint density at radius 3 is 2.03 bits per heavy atom. The van der Waals surface area contributed by atoms with Crippen LogP contribution in [-0.2, 0) is 6.42 Å². The number of ether oxygens (including phenoxy) is 5.